The van der Waals surface area contributed by atoms with Crippen LogP contribution in [0, 0.1) is 0 Å². The van der Waals surface area contributed by atoms with E-state index in [1.165, 1.54) is 14.0 Å². The normalized spacial score (nSPS) is 11.9. The van der Waals surface area contributed by atoms with Crippen molar-refractivity contribution in [2.24, 2.45) is 0 Å². The van der Waals surface area contributed by atoms with Crippen molar-refractivity contribution in [3.05, 3.63) is 0 Å². The van der Waals surface area contributed by atoms with Crippen molar-refractivity contribution in [2.75, 3.05) is 13.7 Å². The number of ether oxygens (including phenoxy) is 2. The van der Waals surface area contributed by atoms with E-state index in [1.54, 1.807) is 0 Å². The Morgan fingerprint density at radius 1 is 1.11 bits per heavy atom. The standard InChI is InChI=1S/C13H22O6/c1-10(14)7-8-11(19-13(17)9-18-2)5-3-4-6-12(15)16/h11H,3-9H2,1-2H3,(H,15,16). The first-order valence-electron chi connectivity index (χ1n) is 6.35. The zero-order valence-corrected chi connectivity index (χ0v) is 11.5. The van der Waals surface area contributed by atoms with Gasteiger partial charge in [0.05, 0.1) is 0 Å². The highest BCUT2D eigenvalue weighted by Crippen LogP contribution is 2.13. The molecule has 0 bridgehead atoms. The predicted molar refractivity (Wildman–Crippen MR) is 67.8 cm³/mol. The summed E-state index contributed by atoms with van der Waals surface area (Å²) in [7, 11) is 1.40. The average molecular weight is 274 g/mol. The molecule has 0 aromatic heterocycles. The summed E-state index contributed by atoms with van der Waals surface area (Å²) in [6.07, 6.45) is 2.33. The van der Waals surface area contributed by atoms with Gasteiger partial charge in [-0.05, 0) is 32.6 Å². The van der Waals surface area contributed by atoms with Crippen LogP contribution in [0.25, 0.3) is 0 Å². The third-order valence-corrected chi connectivity index (χ3v) is 2.55. The average Bonchev–Trinajstić information content (AvgIpc) is 2.31. The Bertz CT molecular complexity index is 300. The number of carboxylic acid groups (broad SMARTS) is 1. The summed E-state index contributed by atoms with van der Waals surface area (Å²) >= 11 is 0. The Morgan fingerprint density at radius 2 is 1.79 bits per heavy atom. The number of unbranched alkanes of at least 4 members (excludes halogenated alkanes) is 1. The van der Waals surface area contributed by atoms with E-state index in [1.807, 2.05) is 0 Å². The van der Waals surface area contributed by atoms with Gasteiger partial charge in [0.1, 0.15) is 18.5 Å². The van der Waals surface area contributed by atoms with Crippen molar-refractivity contribution >= 4 is 17.7 Å². The zero-order chi connectivity index (χ0) is 14.7. The first-order chi connectivity index (χ1) is 8.95. The van der Waals surface area contributed by atoms with Crippen LogP contribution in [-0.4, -0.2) is 42.6 Å². The molecule has 0 spiro atoms. The van der Waals surface area contributed by atoms with Crippen molar-refractivity contribution in [3.8, 4) is 0 Å². The fourth-order valence-corrected chi connectivity index (χ4v) is 1.61. The molecular weight excluding hydrogens is 252 g/mol. The van der Waals surface area contributed by atoms with E-state index < -0.39 is 11.9 Å². The largest absolute Gasteiger partial charge is 0.481 e. The van der Waals surface area contributed by atoms with E-state index >= 15 is 0 Å². The Labute approximate surface area is 113 Å². The lowest BCUT2D eigenvalue weighted by Crippen LogP contribution is -2.22. The van der Waals surface area contributed by atoms with Crippen molar-refractivity contribution in [1.29, 1.82) is 0 Å². The smallest absolute Gasteiger partial charge is 0.332 e. The maximum absolute atomic E-state index is 11.3. The molecule has 1 N–H and O–H groups in total. The van der Waals surface area contributed by atoms with E-state index in [0.717, 1.165) is 0 Å². The highest BCUT2D eigenvalue weighted by atomic mass is 16.6. The lowest BCUT2D eigenvalue weighted by molar-refractivity contribution is -0.154. The molecule has 0 aliphatic rings. The van der Waals surface area contributed by atoms with Gasteiger partial charge < -0.3 is 19.4 Å². The minimum absolute atomic E-state index is 0.0401. The minimum Gasteiger partial charge on any atom is -0.481 e. The van der Waals surface area contributed by atoms with E-state index in [4.69, 9.17) is 9.84 Å². The number of Topliss-reactive ketones (excluding diaryl/α,β-unsaturated/α-hetero) is 1. The molecule has 6 heteroatoms. The minimum atomic E-state index is -0.836. The van der Waals surface area contributed by atoms with E-state index in [-0.39, 0.29) is 24.9 Å². The van der Waals surface area contributed by atoms with Gasteiger partial charge in [-0.1, -0.05) is 0 Å². The maximum atomic E-state index is 11.3. The van der Waals surface area contributed by atoms with Crippen molar-refractivity contribution in [2.45, 2.75) is 51.6 Å². The van der Waals surface area contributed by atoms with Gasteiger partial charge in [-0.2, -0.15) is 0 Å². The molecule has 0 aliphatic carbocycles. The molecular formula is C13H22O6. The fraction of sp³-hybridized carbons (Fsp3) is 0.769. The molecule has 6 nitrogen and oxygen atoms in total. The SMILES string of the molecule is COCC(=O)OC(CCCCC(=O)O)CCC(C)=O. The van der Waals surface area contributed by atoms with Gasteiger partial charge in [-0.15, -0.1) is 0 Å². The Balaban J connectivity index is 4.05. The molecule has 0 aromatic rings. The molecule has 19 heavy (non-hydrogen) atoms. The van der Waals surface area contributed by atoms with Crippen molar-refractivity contribution in [1.82, 2.24) is 0 Å². The summed E-state index contributed by atoms with van der Waals surface area (Å²) < 4.78 is 9.85. The first-order valence-corrected chi connectivity index (χ1v) is 6.35. The topological polar surface area (TPSA) is 89.9 Å². The molecule has 0 heterocycles. The second-order valence-electron chi connectivity index (χ2n) is 4.43. The highest BCUT2D eigenvalue weighted by Gasteiger charge is 2.15. The number of carbonyl (C=O) groups is 3. The first kappa shape index (κ1) is 17.6. The van der Waals surface area contributed by atoms with E-state index in [9.17, 15) is 14.4 Å². The molecule has 0 rings (SSSR count). The number of rotatable bonds is 11. The lowest BCUT2D eigenvalue weighted by atomic mass is 10.0. The Morgan fingerprint density at radius 3 is 2.32 bits per heavy atom. The molecule has 0 fully saturated rings. The summed E-state index contributed by atoms with van der Waals surface area (Å²) in [5.41, 5.74) is 0. The quantitative estimate of drug-likeness (QED) is 0.454. The van der Waals surface area contributed by atoms with Gasteiger partial charge in [-0.25, -0.2) is 4.79 Å². The van der Waals surface area contributed by atoms with Gasteiger partial charge in [0.25, 0.3) is 0 Å². The monoisotopic (exact) mass is 274 g/mol. The Kier molecular flexibility index (Phi) is 9.70. The van der Waals surface area contributed by atoms with Crippen LogP contribution in [-0.2, 0) is 23.9 Å². The summed E-state index contributed by atoms with van der Waals surface area (Å²) in [5.74, 6) is -1.26. The highest BCUT2D eigenvalue weighted by molar-refractivity contribution is 5.75. The maximum Gasteiger partial charge on any atom is 0.332 e. The van der Waals surface area contributed by atoms with Crippen LogP contribution in [0.2, 0.25) is 0 Å². The molecule has 110 valence electrons. The number of hydrogen-bond acceptors (Lipinski definition) is 5. The van der Waals surface area contributed by atoms with E-state index in [2.05, 4.69) is 4.74 Å². The lowest BCUT2D eigenvalue weighted by Gasteiger charge is -2.17. The van der Waals surface area contributed by atoms with Crippen LogP contribution in [0.4, 0.5) is 0 Å². The molecule has 1 atom stereocenters. The van der Waals surface area contributed by atoms with Gasteiger partial charge in [0.2, 0.25) is 0 Å². The summed E-state index contributed by atoms with van der Waals surface area (Å²) in [6, 6.07) is 0. The second-order valence-corrected chi connectivity index (χ2v) is 4.43. The van der Waals surface area contributed by atoms with Crippen LogP contribution < -0.4 is 0 Å². The van der Waals surface area contributed by atoms with Crippen LogP contribution in [0.15, 0.2) is 0 Å². The third kappa shape index (κ3) is 11.4. The van der Waals surface area contributed by atoms with Crippen molar-refractivity contribution in [3.63, 3.8) is 0 Å². The number of methoxy groups -OCH3 is 1. The number of carbonyl (C=O) groups excluding carboxylic acids is 2. The predicted octanol–water partition coefficient (Wildman–Crippen LogP) is 1.56. The number of esters is 1. The number of aliphatic carboxylic acids is 1. The number of carboxylic acids is 1. The number of ketones is 1. The van der Waals surface area contributed by atoms with Crippen LogP contribution >= 0.6 is 0 Å². The third-order valence-electron chi connectivity index (χ3n) is 2.55. The molecule has 0 saturated heterocycles. The van der Waals surface area contributed by atoms with Gasteiger partial charge >= 0.3 is 11.9 Å². The van der Waals surface area contributed by atoms with Crippen LogP contribution in [0.1, 0.15) is 45.4 Å². The molecule has 1 unspecified atom stereocenters. The van der Waals surface area contributed by atoms with Gasteiger partial charge in [0.15, 0.2) is 0 Å². The summed E-state index contributed by atoms with van der Waals surface area (Å²) in [4.78, 5) is 32.6. The summed E-state index contributed by atoms with van der Waals surface area (Å²) in [5, 5.41) is 8.52. The molecule has 0 aliphatic heterocycles. The zero-order valence-electron chi connectivity index (χ0n) is 11.5. The van der Waals surface area contributed by atoms with Gasteiger partial charge in [-0.3, -0.25) is 4.79 Å². The number of hydrogen-bond donors (Lipinski definition) is 1. The van der Waals surface area contributed by atoms with Crippen molar-refractivity contribution < 1.29 is 29.0 Å². The van der Waals surface area contributed by atoms with Crippen LogP contribution in [0.5, 0.6) is 0 Å². The van der Waals surface area contributed by atoms with Gasteiger partial charge in [0, 0.05) is 20.0 Å². The molecule has 0 saturated carbocycles. The summed E-state index contributed by atoms with van der Waals surface area (Å²) in [6.45, 7) is 1.37. The molecule has 0 radical (unpaired) electrons. The molecule has 0 amide bonds. The molecule has 0 aromatic carbocycles. The second kappa shape index (κ2) is 10.5. The van der Waals surface area contributed by atoms with Crippen LogP contribution in [0.3, 0.4) is 0 Å². The van der Waals surface area contributed by atoms with E-state index in [0.29, 0.717) is 32.1 Å². The Hall–Kier alpha value is -1.43. The fourth-order valence-electron chi connectivity index (χ4n) is 1.61.